The number of carbonyl (C=O) groups is 1. The van der Waals surface area contributed by atoms with E-state index in [0.29, 0.717) is 28.6 Å². The van der Waals surface area contributed by atoms with E-state index in [4.69, 9.17) is 14.2 Å². The SMILES string of the molecule is CCN1CCN(C(=O)c2ccc(-n3nnnc3[C@@H]3c4c(cc5c(c4OC)OCO5)CCN3C)cc2)CC1. The van der Waals surface area contributed by atoms with Crippen LogP contribution >= 0.6 is 0 Å². The molecule has 2 aromatic carbocycles. The van der Waals surface area contributed by atoms with Gasteiger partial charge in [-0.05, 0) is 66.3 Å². The monoisotopic (exact) mass is 505 g/mol. The number of hydrogen-bond donors (Lipinski definition) is 0. The molecular formula is C26H31N7O4. The third-order valence-electron chi connectivity index (χ3n) is 7.60. The lowest BCUT2D eigenvalue weighted by Gasteiger charge is -2.35. The van der Waals surface area contributed by atoms with E-state index in [0.717, 1.165) is 62.5 Å². The Bertz CT molecular complexity index is 1300. The van der Waals surface area contributed by atoms with Gasteiger partial charge in [0.05, 0.1) is 12.8 Å². The number of nitrogens with zero attached hydrogens (tertiary/aromatic N) is 7. The van der Waals surface area contributed by atoms with Crippen LogP contribution in [0.3, 0.4) is 0 Å². The zero-order valence-electron chi connectivity index (χ0n) is 21.4. The molecule has 0 saturated carbocycles. The minimum Gasteiger partial charge on any atom is -0.492 e. The van der Waals surface area contributed by atoms with Gasteiger partial charge in [0.15, 0.2) is 17.3 Å². The molecule has 3 aliphatic heterocycles. The van der Waals surface area contributed by atoms with Gasteiger partial charge >= 0.3 is 0 Å². The molecule has 3 aliphatic rings. The Hall–Kier alpha value is -3.70. The second kappa shape index (κ2) is 9.64. The first-order valence-electron chi connectivity index (χ1n) is 12.7. The number of amides is 1. The minimum atomic E-state index is -0.251. The summed E-state index contributed by atoms with van der Waals surface area (Å²) in [6, 6.07) is 9.29. The lowest BCUT2D eigenvalue weighted by atomic mass is 9.90. The molecule has 0 unspecified atom stereocenters. The Morgan fingerprint density at radius 3 is 2.62 bits per heavy atom. The Balaban J connectivity index is 1.31. The fourth-order valence-electron chi connectivity index (χ4n) is 5.50. The lowest BCUT2D eigenvalue weighted by molar-refractivity contribution is 0.0643. The number of piperazine rings is 1. The Kier molecular flexibility index (Phi) is 6.17. The molecule has 0 spiro atoms. The van der Waals surface area contributed by atoms with Gasteiger partial charge in [-0.25, -0.2) is 0 Å². The molecule has 0 N–H and O–H groups in total. The van der Waals surface area contributed by atoms with Crippen LogP contribution in [-0.4, -0.2) is 101 Å². The van der Waals surface area contributed by atoms with Crippen molar-refractivity contribution in [3.8, 4) is 22.9 Å². The van der Waals surface area contributed by atoms with E-state index in [1.807, 2.05) is 35.2 Å². The Morgan fingerprint density at radius 2 is 1.89 bits per heavy atom. The maximum atomic E-state index is 13.1. The second-order valence-electron chi connectivity index (χ2n) is 9.57. The molecule has 194 valence electrons. The van der Waals surface area contributed by atoms with Crippen molar-refractivity contribution in [1.82, 2.24) is 34.9 Å². The maximum Gasteiger partial charge on any atom is 0.253 e. The molecule has 1 aromatic heterocycles. The summed E-state index contributed by atoms with van der Waals surface area (Å²) >= 11 is 0. The van der Waals surface area contributed by atoms with Crippen molar-refractivity contribution in [2.45, 2.75) is 19.4 Å². The highest BCUT2D eigenvalue weighted by Crippen LogP contribution is 2.50. The smallest absolute Gasteiger partial charge is 0.253 e. The summed E-state index contributed by atoms with van der Waals surface area (Å²) in [5, 5.41) is 12.8. The van der Waals surface area contributed by atoms with Crippen LogP contribution < -0.4 is 14.2 Å². The van der Waals surface area contributed by atoms with E-state index in [1.165, 1.54) is 0 Å². The summed E-state index contributed by atoms with van der Waals surface area (Å²) < 4.78 is 18.9. The maximum absolute atomic E-state index is 13.1. The first kappa shape index (κ1) is 23.7. The molecule has 4 heterocycles. The largest absolute Gasteiger partial charge is 0.492 e. The predicted molar refractivity (Wildman–Crippen MR) is 134 cm³/mol. The van der Waals surface area contributed by atoms with Gasteiger partial charge in [0.25, 0.3) is 5.91 Å². The van der Waals surface area contributed by atoms with Gasteiger partial charge < -0.3 is 24.0 Å². The number of aromatic nitrogens is 4. The molecule has 1 atom stereocenters. The second-order valence-corrected chi connectivity index (χ2v) is 9.57. The first-order chi connectivity index (χ1) is 18.1. The zero-order chi connectivity index (χ0) is 25.5. The number of likely N-dealkylation sites (N-methyl/N-ethyl adjacent to an activating group) is 2. The molecule has 6 rings (SSSR count). The highest BCUT2D eigenvalue weighted by atomic mass is 16.7. The van der Waals surface area contributed by atoms with Crippen molar-refractivity contribution in [3.63, 3.8) is 0 Å². The molecule has 3 aromatic rings. The minimum absolute atomic E-state index is 0.0565. The van der Waals surface area contributed by atoms with Crippen molar-refractivity contribution in [3.05, 3.63) is 52.8 Å². The van der Waals surface area contributed by atoms with Gasteiger partial charge in [-0.1, -0.05) is 6.92 Å². The zero-order valence-corrected chi connectivity index (χ0v) is 21.4. The van der Waals surface area contributed by atoms with Gasteiger partial charge in [-0.2, -0.15) is 4.68 Å². The summed E-state index contributed by atoms with van der Waals surface area (Å²) in [5.41, 5.74) is 3.56. The summed E-state index contributed by atoms with van der Waals surface area (Å²) in [4.78, 5) is 19.6. The summed E-state index contributed by atoms with van der Waals surface area (Å²) in [6.07, 6.45) is 0.847. The van der Waals surface area contributed by atoms with E-state index in [2.05, 4.69) is 39.3 Å². The number of rotatable bonds is 5. The number of carbonyl (C=O) groups excluding carboxylic acids is 1. The van der Waals surface area contributed by atoms with E-state index in [9.17, 15) is 4.79 Å². The third-order valence-corrected chi connectivity index (χ3v) is 7.60. The van der Waals surface area contributed by atoms with Crippen LogP contribution in [0.2, 0.25) is 0 Å². The number of tetrazole rings is 1. The van der Waals surface area contributed by atoms with Crippen molar-refractivity contribution in [2.24, 2.45) is 0 Å². The van der Waals surface area contributed by atoms with E-state index in [-0.39, 0.29) is 18.7 Å². The highest BCUT2D eigenvalue weighted by Gasteiger charge is 2.37. The van der Waals surface area contributed by atoms with E-state index >= 15 is 0 Å². The summed E-state index contributed by atoms with van der Waals surface area (Å²) in [5.74, 6) is 2.69. The lowest BCUT2D eigenvalue weighted by Crippen LogP contribution is -2.48. The van der Waals surface area contributed by atoms with Gasteiger partial charge in [-0.3, -0.25) is 9.69 Å². The Morgan fingerprint density at radius 1 is 1.11 bits per heavy atom. The number of benzene rings is 2. The van der Waals surface area contributed by atoms with Crippen LogP contribution in [0, 0.1) is 0 Å². The summed E-state index contributed by atoms with van der Waals surface area (Å²) in [7, 11) is 3.70. The average Bonchev–Trinajstić information content (AvgIpc) is 3.61. The first-order valence-corrected chi connectivity index (χ1v) is 12.7. The molecule has 0 radical (unpaired) electrons. The van der Waals surface area contributed by atoms with Crippen molar-refractivity contribution < 1.29 is 19.0 Å². The molecule has 1 fully saturated rings. The van der Waals surface area contributed by atoms with Crippen molar-refractivity contribution in [1.29, 1.82) is 0 Å². The van der Waals surface area contributed by atoms with Crippen LogP contribution in [0.4, 0.5) is 0 Å². The number of ether oxygens (including phenoxy) is 3. The van der Waals surface area contributed by atoms with Gasteiger partial charge in [0.2, 0.25) is 12.5 Å². The molecule has 0 aliphatic carbocycles. The van der Waals surface area contributed by atoms with Crippen LogP contribution in [0.1, 0.15) is 40.3 Å². The average molecular weight is 506 g/mol. The molecule has 11 nitrogen and oxygen atoms in total. The summed E-state index contributed by atoms with van der Waals surface area (Å²) in [6.45, 7) is 7.48. The quantitative estimate of drug-likeness (QED) is 0.514. The van der Waals surface area contributed by atoms with Gasteiger partial charge in [0.1, 0.15) is 6.04 Å². The predicted octanol–water partition coefficient (Wildman–Crippen LogP) is 1.75. The fraction of sp³-hybridized carbons (Fsp3) is 0.462. The standard InChI is InChI=1S/C26H31N7O4/c1-4-31-11-13-32(14-12-31)26(34)17-5-7-19(8-6-17)33-25(27-28-29-33)22-21-18(9-10-30(22)2)15-20-23(24(21)35-3)37-16-36-20/h5-8,15,22H,4,9-14,16H2,1-3H3/t22-/m0/s1. The van der Waals surface area contributed by atoms with Gasteiger partial charge in [-0.15, -0.1) is 5.10 Å². The molecule has 1 amide bonds. The van der Waals surface area contributed by atoms with Crippen molar-refractivity contribution in [2.75, 3.05) is 60.2 Å². The number of methoxy groups -OCH3 is 1. The van der Waals surface area contributed by atoms with Crippen LogP contribution in [0.25, 0.3) is 5.69 Å². The fourth-order valence-corrected chi connectivity index (χ4v) is 5.50. The third kappa shape index (κ3) is 4.08. The molecule has 1 saturated heterocycles. The Labute approximate surface area is 215 Å². The number of fused-ring (bicyclic) bond motifs is 2. The van der Waals surface area contributed by atoms with E-state index < -0.39 is 0 Å². The van der Waals surface area contributed by atoms with Crippen molar-refractivity contribution >= 4 is 5.91 Å². The van der Waals surface area contributed by atoms with Crippen LogP contribution in [0.15, 0.2) is 30.3 Å². The van der Waals surface area contributed by atoms with Crippen LogP contribution in [0.5, 0.6) is 17.2 Å². The normalized spacial score (nSPS) is 19.6. The van der Waals surface area contributed by atoms with E-state index in [1.54, 1.807) is 11.8 Å². The number of hydrogen-bond acceptors (Lipinski definition) is 9. The van der Waals surface area contributed by atoms with Gasteiger partial charge in [0, 0.05) is 43.9 Å². The van der Waals surface area contributed by atoms with Crippen LogP contribution in [-0.2, 0) is 6.42 Å². The molecule has 0 bridgehead atoms. The molecule has 37 heavy (non-hydrogen) atoms. The topological polar surface area (TPSA) is 98.1 Å². The highest BCUT2D eigenvalue weighted by molar-refractivity contribution is 5.94. The molecule has 11 heteroatoms. The molecular weight excluding hydrogens is 474 g/mol.